The predicted octanol–water partition coefficient (Wildman–Crippen LogP) is 3.72. The molecule has 1 N–H and O–H groups in total. The van der Waals surface area contributed by atoms with Crippen LogP contribution < -0.4 is 10.2 Å². The Hall–Kier alpha value is -1.61. The number of aromatic nitrogens is 1. The van der Waals surface area contributed by atoms with Gasteiger partial charge in [-0.15, -0.1) is 0 Å². The monoisotopic (exact) mass is 283 g/mol. The van der Waals surface area contributed by atoms with Gasteiger partial charge in [0, 0.05) is 31.2 Å². The molecular weight excluding hydrogens is 258 g/mol. The number of nitrogens with one attached hydrogen (secondary N) is 1. The molecule has 0 radical (unpaired) electrons. The first kappa shape index (κ1) is 14.3. The molecule has 2 aromatic rings. The van der Waals surface area contributed by atoms with Gasteiger partial charge in [-0.05, 0) is 30.3 Å². The number of fused-ring (bicyclic) bond motifs is 1. The summed E-state index contributed by atoms with van der Waals surface area (Å²) in [6, 6.07) is 8.70. The summed E-state index contributed by atoms with van der Waals surface area (Å²) in [6.07, 6.45) is 7.34. The van der Waals surface area contributed by atoms with E-state index in [1.54, 1.807) is 0 Å². The zero-order valence-corrected chi connectivity index (χ0v) is 12.9. The van der Waals surface area contributed by atoms with Crippen LogP contribution in [-0.2, 0) is 6.54 Å². The van der Waals surface area contributed by atoms with Crippen molar-refractivity contribution in [3.05, 3.63) is 36.0 Å². The van der Waals surface area contributed by atoms with Crippen molar-refractivity contribution in [2.45, 2.75) is 39.2 Å². The molecule has 1 aromatic carbocycles. The molecule has 0 spiro atoms. The van der Waals surface area contributed by atoms with Crippen LogP contribution in [-0.4, -0.2) is 24.6 Å². The number of rotatable bonds is 4. The van der Waals surface area contributed by atoms with Gasteiger partial charge in [0.05, 0.1) is 0 Å². The lowest BCUT2D eigenvalue weighted by Gasteiger charge is -2.23. The number of hydrogen-bond donors (Lipinski definition) is 1. The molecule has 0 bridgehead atoms. The van der Waals surface area contributed by atoms with Crippen molar-refractivity contribution in [3.63, 3.8) is 0 Å². The van der Waals surface area contributed by atoms with Crippen molar-refractivity contribution in [3.8, 4) is 0 Å². The van der Waals surface area contributed by atoms with Crippen LogP contribution in [0.5, 0.6) is 0 Å². The van der Waals surface area contributed by atoms with E-state index < -0.39 is 0 Å². The molecule has 3 rings (SSSR count). The molecule has 0 atom stereocenters. The standard InChI is InChI=1S/C18H25N3/c1-2-19-13-15-14-20-18(17-10-6-5-9-16(15)17)21-11-7-3-4-8-12-21/h5-6,9-10,14,19H,2-4,7-8,11-13H2,1H3. The first-order chi connectivity index (χ1) is 10.4. The quantitative estimate of drug-likeness (QED) is 0.927. The minimum Gasteiger partial charge on any atom is -0.356 e. The molecule has 2 heterocycles. The summed E-state index contributed by atoms with van der Waals surface area (Å²) in [5, 5.41) is 6.05. The molecule has 3 nitrogen and oxygen atoms in total. The minimum absolute atomic E-state index is 0.893. The Bertz CT molecular complexity index is 586. The number of hydrogen-bond acceptors (Lipinski definition) is 3. The van der Waals surface area contributed by atoms with Crippen molar-refractivity contribution < 1.29 is 0 Å². The SMILES string of the molecule is CCNCc1cnc(N2CCCCCC2)c2ccccc12. The van der Waals surface area contributed by atoms with Crippen LogP contribution in [0.4, 0.5) is 5.82 Å². The average molecular weight is 283 g/mol. The van der Waals surface area contributed by atoms with Gasteiger partial charge in [-0.3, -0.25) is 0 Å². The fourth-order valence-electron chi connectivity index (χ4n) is 3.17. The van der Waals surface area contributed by atoms with E-state index in [4.69, 9.17) is 4.98 Å². The summed E-state index contributed by atoms with van der Waals surface area (Å²) in [4.78, 5) is 7.29. The van der Waals surface area contributed by atoms with Gasteiger partial charge in [-0.2, -0.15) is 0 Å². The number of anilines is 1. The first-order valence-corrected chi connectivity index (χ1v) is 8.22. The molecule has 1 aliphatic heterocycles. The van der Waals surface area contributed by atoms with E-state index in [2.05, 4.69) is 47.6 Å². The second-order valence-corrected chi connectivity index (χ2v) is 5.83. The van der Waals surface area contributed by atoms with Gasteiger partial charge >= 0.3 is 0 Å². The Kier molecular flexibility index (Phi) is 4.71. The lowest BCUT2D eigenvalue weighted by Crippen LogP contribution is -2.25. The Morgan fingerprint density at radius 2 is 1.76 bits per heavy atom. The van der Waals surface area contributed by atoms with E-state index in [1.165, 1.54) is 47.8 Å². The van der Waals surface area contributed by atoms with E-state index in [-0.39, 0.29) is 0 Å². The number of nitrogens with zero attached hydrogens (tertiary/aromatic N) is 2. The zero-order valence-electron chi connectivity index (χ0n) is 12.9. The molecule has 3 heteroatoms. The molecular formula is C18H25N3. The zero-order chi connectivity index (χ0) is 14.5. The van der Waals surface area contributed by atoms with E-state index in [1.807, 2.05) is 0 Å². The Balaban J connectivity index is 1.99. The minimum atomic E-state index is 0.893. The normalized spacial score (nSPS) is 16.1. The lowest BCUT2D eigenvalue weighted by atomic mass is 10.1. The lowest BCUT2D eigenvalue weighted by molar-refractivity contribution is 0.726. The van der Waals surface area contributed by atoms with E-state index in [0.29, 0.717) is 0 Å². The number of pyridine rings is 1. The molecule has 0 amide bonds. The van der Waals surface area contributed by atoms with Crippen molar-refractivity contribution in [1.82, 2.24) is 10.3 Å². The highest BCUT2D eigenvalue weighted by atomic mass is 15.2. The molecule has 0 saturated carbocycles. The maximum atomic E-state index is 4.81. The predicted molar refractivity (Wildman–Crippen MR) is 89.8 cm³/mol. The molecule has 1 aliphatic rings. The summed E-state index contributed by atoms with van der Waals surface area (Å²) in [5.74, 6) is 1.17. The van der Waals surface area contributed by atoms with Gasteiger partial charge in [0.15, 0.2) is 0 Å². The summed E-state index contributed by atoms with van der Waals surface area (Å²) in [6.45, 7) is 6.31. The third kappa shape index (κ3) is 3.18. The van der Waals surface area contributed by atoms with E-state index in [0.717, 1.165) is 26.2 Å². The third-order valence-electron chi connectivity index (χ3n) is 4.33. The molecule has 1 aromatic heterocycles. The van der Waals surface area contributed by atoms with Crippen LogP contribution in [0.3, 0.4) is 0 Å². The van der Waals surface area contributed by atoms with Gasteiger partial charge in [0.2, 0.25) is 0 Å². The smallest absolute Gasteiger partial charge is 0.136 e. The van der Waals surface area contributed by atoms with Crippen LogP contribution in [0.25, 0.3) is 10.8 Å². The van der Waals surface area contributed by atoms with Crippen molar-refractivity contribution in [1.29, 1.82) is 0 Å². The molecule has 21 heavy (non-hydrogen) atoms. The van der Waals surface area contributed by atoms with Crippen molar-refractivity contribution in [2.75, 3.05) is 24.5 Å². The highest BCUT2D eigenvalue weighted by Gasteiger charge is 2.15. The fraction of sp³-hybridized carbons (Fsp3) is 0.500. The molecule has 1 fully saturated rings. The highest BCUT2D eigenvalue weighted by molar-refractivity contribution is 5.94. The van der Waals surface area contributed by atoms with Crippen LogP contribution in [0.2, 0.25) is 0 Å². The van der Waals surface area contributed by atoms with Gasteiger partial charge in [0.25, 0.3) is 0 Å². The largest absolute Gasteiger partial charge is 0.356 e. The first-order valence-electron chi connectivity index (χ1n) is 8.22. The molecule has 0 aliphatic carbocycles. The van der Waals surface area contributed by atoms with Gasteiger partial charge in [-0.1, -0.05) is 44.0 Å². The van der Waals surface area contributed by atoms with Gasteiger partial charge in [0.1, 0.15) is 5.82 Å². The molecule has 1 saturated heterocycles. The van der Waals surface area contributed by atoms with Crippen molar-refractivity contribution in [2.24, 2.45) is 0 Å². The summed E-state index contributed by atoms with van der Waals surface area (Å²) in [7, 11) is 0. The number of benzene rings is 1. The molecule has 112 valence electrons. The third-order valence-corrected chi connectivity index (χ3v) is 4.33. The molecule has 0 unspecified atom stereocenters. The second-order valence-electron chi connectivity index (χ2n) is 5.83. The topological polar surface area (TPSA) is 28.2 Å². The second kappa shape index (κ2) is 6.90. The summed E-state index contributed by atoms with van der Waals surface area (Å²) < 4.78 is 0. The Morgan fingerprint density at radius 1 is 1.05 bits per heavy atom. The highest BCUT2D eigenvalue weighted by Crippen LogP contribution is 2.28. The van der Waals surface area contributed by atoms with Gasteiger partial charge in [-0.25, -0.2) is 4.98 Å². The average Bonchev–Trinajstić information content (AvgIpc) is 2.81. The summed E-state index contributed by atoms with van der Waals surface area (Å²) in [5.41, 5.74) is 1.30. The Labute approximate surface area is 127 Å². The summed E-state index contributed by atoms with van der Waals surface area (Å²) >= 11 is 0. The maximum absolute atomic E-state index is 4.81. The van der Waals surface area contributed by atoms with Gasteiger partial charge < -0.3 is 10.2 Å². The maximum Gasteiger partial charge on any atom is 0.136 e. The fourth-order valence-corrected chi connectivity index (χ4v) is 3.17. The van der Waals surface area contributed by atoms with E-state index >= 15 is 0 Å². The van der Waals surface area contributed by atoms with E-state index in [9.17, 15) is 0 Å². The van der Waals surface area contributed by atoms with Crippen LogP contribution >= 0.6 is 0 Å². The Morgan fingerprint density at radius 3 is 2.48 bits per heavy atom. The van der Waals surface area contributed by atoms with Crippen LogP contribution in [0, 0.1) is 0 Å². The van der Waals surface area contributed by atoms with Crippen molar-refractivity contribution >= 4 is 16.6 Å². The van der Waals surface area contributed by atoms with Crippen LogP contribution in [0.1, 0.15) is 38.2 Å². The van der Waals surface area contributed by atoms with Crippen LogP contribution in [0.15, 0.2) is 30.5 Å².